The first-order valence-corrected chi connectivity index (χ1v) is 11.5. The highest BCUT2D eigenvalue weighted by atomic mass is 35.5. The average molecular weight is 434 g/mol. The van der Waals surface area contributed by atoms with Crippen molar-refractivity contribution in [3.63, 3.8) is 0 Å². The summed E-state index contributed by atoms with van der Waals surface area (Å²) in [5, 5.41) is 4.78. The summed E-state index contributed by atoms with van der Waals surface area (Å²) < 4.78 is 1.68. The Balaban J connectivity index is 1.58. The number of carbonyl (C=O) groups excluding carboxylic acids is 1. The fourth-order valence-corrected chi connectivity index (χ4v) is 5.86. The van der Waals surface area contributed by atoms with Crippen LogP contribution in [0.1, 0.15) is 30.2 Å². The maximum Gasteiger partial charge on any atom is 0.263 e. The van der Waals surface area contributed by atoms with Crippen molar-refractivity contribution in [2.24, 2.45) is 0 Å². The second kappa shape index (κ2) is 8.27. The topological polar surface area (TPSA) is 64.0 Å². The van der Waals surface area contributed by atoms with Crippen LogP contribution >= 0.6 is 34.7 Å². The van der Waals surface area contributed by atoms with E-state index in [1.807, 2.05) is 6.92 Å². The van der Waals surface area contributed by atoms with Crippen LogP contribution in [0.2, 0.25) is 5.02 Å². The Morgan fingerprint density at radius 1 is 1.36 bits per heavy atom. The summed E-state index contributed by atoms with van der Waals surface area (Å²) >= 11 is 8.88. The minimum absolute atomic E-state index is 0.0182. The smallest absolute Gasteiger partial charge is 0.263 e. The van der Waals surface area contributed by atoms with Crippen LogP contribution in [0.5, 0.6) is 0 Å². The largest absolute Gasteiger partial charge is 0.325 e. The quantitative estimate of drug-likeness (QED) is 0.466. The van der Waals surface area contributed by atoms with Crippen molar-refractivity contribution in [3.05, 3.63) is 50.1 Å². The van der Waals surface area contributed by atoms with Crippen molar-refractivity contribution < 1.29 is 4.79 Å². The van der Waals surface area contributed by atoms with Crippen LogP contribution in [0.3, 0.4) is 0 Å². The Bertz CT molecular complexity index is 1110. The first-order chi connectivity index (χ1) is 13.6. The van der Waals surface area contributed by atoms with Gasteiger partial charge in [-0.1, -0.05) is 29.4 Å². The van der Waals surface area contributed by atoms with Gasteiger partial charge < -0.3 is 5.32 Å². The third-order valence-corrected chi connectivity index (χ3v) is 7.19. The van der Waals surface area contributed by atoms with Gasteiger partial charge in [-0.15, -0.1) is 11.3 Å². The van der Waals surface area contributed by atoms with Crippen molar-refractivity contribution >= 4 is 56.5 Å². The zero-order valence-electron chi connectivity index (χ0n) is 15.5. The highest BCUT2D eigenvalue weighted by Crippen LogP contribution is 2.34. The lowest BCUT2D eigenvalue weighted by Gasteiger charge is -2.12. The minimum Gasteiger partial charge on any atom is -0.325 e. The molecule has 1 N–H and O–H groups in total. The first kappa shape index (κ1) is 19.5. The predicted octanol–water partition coefficient (Wildman–Crippen LogP) is 4.74. The number of anilines is 1. The van der Waals surface area contributed by atoms with Gasteiger partial charge >= 0.3 is 0 Å². The third kappa shape index (κ3) is 3.83. The van der Waals surface area contributed by atoms with Gasteiger partial charge in [0.2, 0.25) is 5.91 Å². The zero-order chi connectivity index (χ0) is 19.7. The number of thiophene rings is 1. The number of fused-ring (bicyclic) bond motifs is 3. The summed E-state index contributed by atoms with van der Waals surface area (Å²) in [6.07, 6.45) is 4.30. The molecule has 28 heavy (non-hydrogen) atoms. The van der Waals surface area contributed by atoms with E-state index in [0.717, 1.165) is 29.5 Å². The molecule has 3 aromatic rings. The van der Waals surface area contributed by atoms with E-state index in [2.05, 4.69) is 5.32 Å². The van der Waals surface area contributed by atoms with Crippen LogP contribution in [0.25, 0.3) is 10.2 Å². The number of rotatable bonds is 5. The molecule has 2 aromatic heterocycles. The molecule has 0 unspecified atom stereocenters. The molecule has 0 radical (unpaired) electrons. The predicted molar refractivity (Wildman–Crippen MR) is 117 cm³/mol. The van der Waals surface area contributed by atoms with Crippen molar-refractivity contribution in [3.8, 4) is 0 Å². The molecule has 0 atom stereocenters. The molecule has 1 aliphatic rings. The van der Waals surface area contributed by atoms with Crippen molar-refractivity contribution in [1.82, 2.24) is 9.55 Å². The second-order valence-corrected chi connectivity index (χ2v) is 9.14. The highest BCUT2D eigenvalue weighted by Gasteiger charge is 2.22. The van der Waals surface area contributed by atoms with Crippen LogP contribution < -0.4 is 10.9 Å². The van der Waals surface area contributed by atoms with E-state index < -0.39 is 0 Å². The molecule has 4 rings (SSSR count). The number of aryl methyl sites for hydroxylation is 2. The molecular formula is C20H20ClN3O2S2. The van der Waals surface area contributed by atoms with Crippen molar-refractivity contribution in [1.29, 1.82) is 0 Å². The molecule has 0 bridgehead atoms. The number of nitrogens with one attached hydrogen (secondary N) is 1. The maximum absolute atomic E-state index is 13.1. The Morgan fingerprint density at radius 3 is 2.96 bits per heavy atom. The van der Waals surface area contributed by atoms with E-state index in [0.29, 0.717) is 22.4 Å². The third-order valence-electron chi connectivity index (χ3n) is 4.80. The van der Waals surface area contributed by atoms with Gasteiger partial charge in [0.25, 0.3) is 5.56 Å². The Labute approximate surface area is 176 Å². The van der Waals surface area contributed by atoms with Crippen molar-refractivity contribution in [2.45, 2.75) is 44.3 Å². The molecular weight excluding hydrogens is 414 g/mol. The minimum atomic E-state index is -0.158. The highest BCUT2D eigenvalue weighted by molar-refractivity contribution is 7.99. The Kier molecular flexibility index (Phi) is 5.75. The average Bonchev–Trinajstić information content (AvgIpc) is 3.05. The van der Waals surface area contributed by atoms with Gasteiger partial charge in [-0.25, -0.2) is 4.98 Å². The van der Waals surface area contributed by atoms with Crippen LogP contribution in [0.15, 0.2) is 34.2 Å². The summed E-state index contributed by atoms with van der Waals surface area (Å²) in [5.74, 6) is 0.0185. The van der Waals surface area contributed by atoms with Gasteiger partial charge in [-0.05, 0) is 56.4 Å². The van der Waals surface area contributed by atoms with Gasteiger partial charge in [0.1, 0.15) is 4.83 Å². The van der Waals surface area contributed by atoms with E-state index >= 15 is 0 Å². The molecule has 8 heteroatoms. The molecule has 1 aliphatic carbocycles. The summed E-state index contributed by atoms with van der Waals surface area (Å²) in [5.41, 5.74) is 1.87. The van der Waals surface area contributed by atoms with Crippen LogP contribution in [-0.2, 0) is 24.2 Å². The fraction of sp³-hybridized carbons (Fsp3) is 0.350. The second-order valence-electron chi connectivity index (χ2n) is 6.68. The number of thioether (sulfide) groups is 1. The summed E-state index contributed by atoms with van der Waals surface area (Å²) in [4.78, 5) is 32.3. The number of aromatic nitrogens is 2. The number of hydrogen-bond acceptors (Lipinski definition) is 5. The molecule has 1 aromatic carbocycles. The molecule has 146 valence electrons. The van der Waals surface area contributed by atoms with Crippen LogP contribution in [-0.4, -0.2) is 21.2 Å². The lowest BCUT2D eigenvalue weighted by Crippen LogP contribution is -2.24. The molecule has 0 saturated carbocycles. The number of amides is 1. The first-order valence-electron chi connectivity index (χ1n) is 9.30. The van der Waals surface area contributed by atoms with Gasteiger partial charge in [-0.3, -0.25) is 14.2 Å². The van der Waals surface area contributed by atoms with Gasteiger partial charge in [-0.2, -0.15) is 0 Å². The summed E-state index contributed by atoms with van der Waals surface area (Å²) in [7, 11) is 0. The van der Waals surface area contributed by atoms with Gasteiger partial charge in [0.15, 0.2) is 5.16 Å². The standard InChI is InChI=1S/C20H20ClN3O2S2/c1-2-24-19(26)17-14-8-3-4-9-15(14)28-18(17)23-20(24)27-11-16(25)22-13-7-5-6-12(21)10-13/h5-7,10H,2-4,8-9,11H2,1H3,(H,22,25). The van der Waals surface area contributed by atoms with E-state index in [-0.39, 0.29) is 17.2 Å². The maximum atomic E-state index is 13.1. The number of hydrogen-bond donors (Lipinski definition) is 1. The van der Waals surface area contributed by atoms with E-state index in [4.69, 9.17) is 16.6 Å². The lowest BCUT2D eigenvalue weighted by atomic mass is 9.97. The molecule has 2 heterocycles. The SMILES string of the molecule is CCn1c(SCC(=O)Nc2cccc(Cl)c2)nc2sc3c(c2c1=O)CCCC3. The monoisotopic (exact) mass is 433 g/mol. The van der Waals surface area contributed by atoms with E-state index in [1.165, 1.54) is 28.6 Å². The van der Waals surface area contributed by atoms with Crippen LogP contribution in [0, 0.1) is 0 Å². The molecule has 0 fully saturated rings. The summed E-state index contributed by atoms with van der Waals surface area (Å²) in [6, 6.07) is 7.03. The number of nitrogens with zero attached hydrogens (tertiary/aromatic N) is 2. The fourth-order valence-electron chi connectivity index (χ4n) is 3.50. The zero-order valence-corrected chi connectivity index (χ0v) is 17.8. The van der Waals surface area contributed by atoms with E-state index in [1.54, 1.807) is 40.2 Å². The van der Waals surface area contributed by atoms with Gasteiger partial charge in [0.05, 0.1) is 11.1 Å². The molecule has 0 aliphatic heterocycles. The molecule has 0 spiro atoms. The summed E-state index contributed by atoms with van der Waals surface area (Å²) in [6.45, 7) is 2.47. The molecule has 1 amide bonds. The lowest BCUT2D eigenvalue weighted by molar-refractivity contribution is -0.113. The van der Waals surface area contributed by atoms with E-state index in [9.17, 15) is 9.59 Å². The molecule has 0 saturated heterocycles. The van der Waals surface area contributed by atoms with Crippen LogP contribution in [0.4, 0.5) is 5.69 Å². The van der Waals surface area contributed by atoms with Gasteiger partial charge in [0, 0.05) is 22.1 Å². The Morgan fingerprint density at radius 2 is 2.18 bits per heavy atom. The number of benzene rings is 1. The van der Waals surface area contributed by atoms with Crippen molar-refractivity contribution in [2.75, 3.05) is 11.1 Å². The Hall–Kier alpha value is -1.83. The molecule has 5 nitrogen and oxygen atoms in total. The number of carbonyl (C=O) groups is 1. The number of halogens is 1. The normalized spacial score (nSPS) is 13.5.